The van der Waals surface area contributed by atoms with Gasteiger partial charge in [0.15, 0.2) is 9.84 Å². The van der Waals surface area contributed by atoms with Gasteiger partial charge in [0, 0.05) is 31.5 Å². The number of ether oxygens (including phenoxy) is 1. The molecule has 1 heterocycles. The van der Waals surface area contributed by atoms with Crippen molar-refractivity contribution in [2.45, 2.75) is 18.9 Å². The van der Waals surface area contributed by atoms with E-state index < -0.39 is 9.84 Å². The Balaban J connectivity index is 2.13. The molecular weight excluding hydrogens is 295 g/mol. The predicted molar refractivity (Wildman–Crippen MR) is 81.0 cm³/mol. The van der Waals surface area contributed by atoms with Crippen LogP contribution in [0.1, 0.15) is 12.8 Å². The lowest BCUT2D eigenvalue weighted by Gasteiger charge is -2.33. The first-order chi connectivity index (χ1) is 9.85. The number of nitrogens with two attached hydrogens (primary N) is 1. The van der Waals surface area contributed by atoms with Crippen LogP contribution in [0.3, 0.4) is 0 Å². The fourth-order valence-corrected chi connectivity index (χ4v) is 2.78. The van der Waals surface area contributed by atoms with Gasteiger partial charge in [0.1, 0.15) is 18.2 Å². The summed E-state index contributed by atoms with van der Waals surface area (Å²) in [6.45, 7) is 1.49. The van der Waals surface area contributed by atoms with Gasteiger partial charge in [-0.1, -0.05) is 0 Å². The monoisotopic (exact) mass is 316 g/mol. The highest BCUT2D eigenvalue weighted by molar-refractivity contribution is 7.90. The van der Waals surface area contributed by atoms with Crippen molar-refractivity contribution in [3.8, 4) is 5.75 Å². The maximum Gasteiger partial charge on any atom is 0.150 e. The third kappa shape index (κ3) is 4.86. The average molecular weight is 316 g/mol. The molecule has 1 atom stereocenters. The number of anilines is 1. The van der Waals surface area contributed by atoms with E-state index in [1.54, 1.807) is 0 Å². The third-order valence-electron chi connectivity index (χ3n) is 3.43. The van der Waals surface area contributed by atoms with Gasteiger partial charge in [-0.15, -0.1) is 0 Å². The van der Waals surface area contributed by atoms with E-state index in [0.717, 1.165) is 25.6 Å². The molecule has 118 valence electrons. The average Bonchev–Trinajstić information content (AvgIpc) is 2.39. The van der Waals surface area contributed by atoms with Gasteiger partial charge in [0.25, 0.3) is 0 Å². The maximum atomic E-state index is 13.5. The Morgan fingerprint density at radius 1 is 1.48 bits per heavy atom. The summed E-state index contributed by atoms with van der Waals surface area (Å²) in [6, 6.07) is 4.32. The molecule has 1 aromatic carbocycles. The fourth-order valence-electron chi connectivity index (χ4n) is 2.39. The van der Waals surface area contributed by atoms with E-state index in [0.29, 0.717) is 18.0 Å². The van der Waals surface area contributed by atoms with Crippen molar-refractivity contribution in [2.24, 2.45) is 5.73 Å². The Bertz CT molecular complexity index is 592. The fraction of sp³-hybridized carbons (Fsp3) is 0.571. The Kier molecular flexibility index (Phi) is 5.05. The van der Waals surface area contributed by atoms with Crippen molar-refractivity contribution in [1.82, 2.24) is 0 Å². The van der Waals surface area contributed by atoms with Crippen LogP contribution in [0.15, 0.2) is 18.2 Å². The van der Waals surface area contributed by atoms with E-state index in [9.17, 15) is 12.8 Å². The highest BCUT2D eigenvalue weighted by Crippen LogP contribution is 2.31. The first-order valence-corrected chi connectivity index (χ1v) is 9.02. The van der Waals surface area contributed by atoms with Crippen LogP contribution < -0.4 is 15.4 Å². The molecular formula is C14H21FN2O3S. The van der Waals surface area contributed by atoms with E-state index >= 15 is 0 Å². The van der Waals surface area contributed by atoms with Crippen molar-refractivity contribution in [2.75, 3.05) is 36.6 Å². The normalized spacial score (nSPS) is 19.6. The summed E-state index contributed by atoms with van der Waals surface area (Å²) in [4.78, 5) is 1.99. The van der Waals surface area contributed by atoms with Crippen LogP contribution in [-0.4, -0.2) is 46.2 Å². The van der Waals surface area contributed by atoms with Crippen LogP contribution in [0.2, 0.25) is 0 Å². The molecule has 0 spiro atoms. The minimum absolute atomic E-state index is 0.0529. The number of halogens is 1. The molecule has 1 aromatic rings. The van der Waals surface area contributed by atoms with Crippen LogP contribution >= 0.6 is 0 Å². The van der Waals surface area contributed by atoms with Gasteiger partial charge >= 0.3 is 0 Å². The molecule has 0 saturated carbocycles. The molecule has 5 nitrogen and oxygen atoms in total. The Labute approximate surface area is 124 Å². The number of nitrogens with zero attached hydrogens (tertiary/aromatic N) is 1. The Morgan fingerprint density at radius 2 is 2.24 bits per heavy atom. The SMILES string of the molecule is CS(=O)(=O)CCOc1ccc(F)cc1N1CCCC(N)C1. The Morgan fingerprint density at radius 3 is 2.90 bits per heavy atom. The lowest BCUT2D eigenvalue weighted by Crippen LogP contribution is -2.43. The highest BCUT2D eigenvalue weighted by atomic mass is 32.2. The van der Waals surface area contributed by atoms with Crippen LogP contribution in [0.25, 0.3) is 0 Å². The zero-order valence-electron chi connectivity index (χ0n) is 12.1. The van der Waals surface area contributed by atoms with E-state index in [4.69, 9.17) is 10.5 Å². The largest absolute Gasteiger partial charge is 0.490 e. The van der Waals surface area contributed by atoms with Gasteiger partial charge in [-0.05, 0) is 25.0 Å². The summed E-state index contributed by atoms with van der Waals surface area (Å²) in [5.41, 5.74) is 6.59. The molecule has 0 bridgehead atoms. The van der Waals surface area contributed by atoms with Gasteiger partial charge in [-0.2, -0.15) is 0 Å². The topological polar surface area (TPSA) is 72.6 Å². The second-order valence-electron chi connectivity index (χ2n) is 5.44. The lowest BCUT2D eigenvalue weighted by molar-refractivity contribution is 0.339. The molecule has 1 aliphatic rings. The van der Waals surface area contributed by atoms with Crippen LogP contribution in [0, 0.1) is 5.82 Å². The summed E-state index contributed by atoms with van der Waals surface area (Å²) in [5, 5.41) is 0. The van der Waals surface area contributed by atoms with E-state index in [2.05, 4.69) is 0 Å². The molecule has 0 aliphatic carbocycles. The Hall–Kier alpha value is -1.34. The third-order valence-corrected chi connectivity index (χ3v) is 4.34. The number of sulfone groups is 1. The molecule has 1 unspecified atom stereocenters. The number of hydrogen-bond acceptors (Lipinski definition) is 5. The number of piperidine rings is 1. The molecule has 0 aromatic heterocycles. The summed E-state index contributed by atoms with van der Waals surface area (Å²) in [6.07, 6.45) is 3.06. The van der Waals surface area contributed by atoms with Gasteiger partial charge in [-0.25, -0.2) is 12.8 Å². The smallest absolute Gasteiger partial charge is 0.150 e. The molecule has 1 fully saturated rings. The van der Waals surface area contributed by atoms with E-state index in [1.165, 1.54) is 18.2 Å². The summed E-state index contributed by atoms with van der Waals surface area (Å²) < 4.78 is 41.3. The van der Waals surface area contributed by atoms with Crippen LogP contribution in [0.4, 0.5) is 10.1 Å². The van der Waals surface area contributed by atoms with E-state index in [-0.39, 0.29) is 24.2 Å². The molecule has 21 heavy (non-hydrogen) atoms. The standard InChI is InChI=1S/C14H21FN2O3S/c1-21(18,19)8-7-20-14-5-4-11(15)9-13(14)17-6-2-3-12(16)10-17/h4-5,9,12H,2-3,6-8,10,16H2,1H3. The van der Waals surface area contributed by atoms with Crippen LogP contribution in [-0.2, 0) is 9.84 Å². The molecule has 1 aliphatic heterocycles. The van der Waals surface area contributed by atoms with Crippen molar-refractivity contribution >= 4 is 15.5 Å². The highest BCUT2D eigenvalue weighted by Gasteiger charge is 2.20. The quantitative estimate of drug-likeness (QED) is 0.883. The van der Waals surface area contributed by atoms with Crippen molar-refractivity contribution in [1.29, 1.82) is 0 Å². The van der Waals surface area contributed by atoms with Crippen molar-refractivity contribution in [3.63, 3.8) is 0 Å². The van der Waals surface area contributed by atoms with Crippen LogP contribution in [0.5, 0.6) is 5.75 Å². The summed E-state index contributed by atoms with van der Waals surface area (Å²) in [5.74, 6) is 0.0809. The van der Waals surface area contributed by atoms with Crippen molar-refractivity contribution < 1.29 is 17.5 Å². The minimum Gasteiger partial charge on any atom is -0.490 e. The molecule has 7 heteroatoms. The number of benzene rings is 1. The molecule has 0 radical (unpaired) electrons. The molecule has 2 N–H and O–H groups in total. The number of rotatable bonds is 5. The second kappa shape index (κ2) is 6.62. The first-order valence-electron chi connectivity index (χ1n) is 6.96. The second-order valence-corrected chi connectivity index (χ2v) is 7.70. The van der Waals surface area contributed by atoms with Gasteiger partial charge in [-0.3, -0.25) is 0 Å². The van der Waals surface area contributed by atoms with Gasteiger partial charge < -0.3 is 15.4 Å². The van der Waals surface area contributed by atoms with Gasteiger partial charge in [0.05, 0.1) is 11.4 Å². The first kappa shape index (κ1) is 16.0. The summed E-state index contributed by atoms with van der Waals surface area (Å²) in [7, 11) is -3.08. The van der Waals surface area contributed by atoms with Gasteiger partial charge in [0.2, 0.25) is 0 Å². The molecule has 2 rings (SSSR count). The molecule has 1 saturated heterocycles. The lowest BCUT2D eigenvalue weighted by atomic mass is 10.1. The van der Waals surface area contributed by atoms with E-state index in [1.807, 2.05) is 4.90 Å². The van der Waals surface area contributed by atoms with Crippen molar-refractivity contribution in [3.05, 3.63) is 24.0 Å². The molecule has 0 amide bonds. The predicted octanol–water partition coefficient (Wildman–Crippen LogP) is 1.18. The minimum atomic E-state index is -3.08. The zero-order valence-corrected chi connectivity index (χ0v) is 12.9. The maximum absolute atomic E-state index is 13.5. The summed E-state index contributed by atoms with van der Waals surface area (Å²) >= 11 is 0. The zero-order chi connectivity index (χ0) is 15.5. The number of hydrogen-bond donors (Lipinski definition) is 1.